The first-order valence-electron chi connectivity index (χ1n) is 28.6. The fourth-order valence-electron chi connectivity index (χ4n) is 6.90. The highest BCUT2D eigenvalue weighted by molar-refractivity contribution is 5.90. The second kappa shape index (κ2) is 46.5. The summed E-state index contributed by atoms with van der Waals surface area (Å²) in [5.41, 5.74) is 5.40. The van der Waals surface area contributed by atoms with E-state index >= 15 is 0 Å². The number of carbonyl (C=O) groups is 2. The summed E-state index contributed by atoms with van der Waals surface area (Å²) in [4.78, 5) is 57.9. The Hall–Kier alpha value is -7.90. The van der Waals surface area contributed by atoms with Crippen LogP contribution in [0, 0.1) is 0 Å². The maximum Gasteiger partial charge on any atom is 0.336 e. The van der Waals surface area contributed by atoms with Gasteiger partial charge < -0.3 is 57.0 Å². The summed E-state index contributed by atoms with van der Waals surface area (Å²) in [7, 11) is 0. The molecule has 0 saturated heterocycles. The van der Waals surface area contributed by atoms with Crippen LogP contribution in [0.5, 0.6) is 46.0 Å². The third kappa shape index (κ3) is 33.3. The highest BCUT2D eigenvalue weighted by Gasteiger charge is 2.20. The molecule has 0 aliphatic rings. The van der Waals surface area contributed by atoms with Crippen molar-refractivity contribution in [1.29, 1.82) is 0 Å². The van der Waals surface area contributed by atoms with Crippen LogP contribution in [0.15, 0.2) is 142 Å². The van der Waals surface area contributed by atoms with Crippen molar-refractivity contribution in [1.82, 2.24) is 0 Å². The molecule has 0 unspecified atom stereocenters. The van der Waals surface area contributed by atoms with Crippen molar-refractivity contribution < 1.29 is 91.0 Å². The zero-order chi connectivity index (χ0) is 61.4. The lowest BCUT2D eigenvalue weighted by Gasteiger charge is -2.19. The first-order valence-corrected chi connectivity index (χ1v) is 28.6. The van der Waals surface area contributed by atoms with Crippen LogP contribution in [0.1, 0.15) is 109 Å². The molecule has 466 valence electrons. The number of unbranched alkanes of at least 4 members (excludes halogenated alkanes) is 6. The van der Waals surface area contributed by atoms with E-state index < -0.39 is 11.9 Å². The van der Waals surface area contributed by atoms with Gasteiger partial charge in [-0.05, 0) is 152 Å². The van der Waals surface area contributed by atoms with Crippen molar-refractivity contribution in [3.8, 4) is 46.0 Å². The summed E-state index contributed by atoms with van der Waals surface area (Å²) >= 11 is 0. The second-order valence-electron chi connectivity index (χ2n) is 18.8. The molecule has 19 heteroatoms. The molecule has 0 atom stereocenters. The quantitative estimate of drug-likeness (QED) is 0.00596. The Kier molecular flexibility index (Phi) is 39.0. The van der Waals surface area contributed by atoms with E-state index in [9.17, 15) is 9.59 Å². The number of hydrogen-bond donors (Lipinski definition) is 0. The molecule has 0 radical (unpaired) electrons. The highest BCUT2D eigenvalue weighted by atomic mass is 17.2. The highest BCUT2D eigenvalue weighted by Crippen LogP contribution is 2.43. The lowest BCUT2D eigenvalue weighted by Crippen LogP contribution is -2.09. The van der Waals surface area contributed by atoms with Gasteiger partial charge in [-0.1, -0.05) is 56.4 Å². The minimum Gasteiger partial charge on any atom is -0.502 e. The summed E-state index contributed by atoms with van der Waals surface area (Å²) in [6, 6.07) is 13.1. The Morgan fingerprint density at radius 1 is 0.412 bits per heavy atom. The first kappa shape index (κ1) is 71.4. The van der Waals surface area contributed by atoms with Crippen molar-refractivity contribution in [2.75, 3.05) is 92.5 Å². The van der Waals surface area contributed by atoms with E-state index in [-0.39, 0.29) is 18.1 Å². The molecule has 0 N–H and O–H groups in total. The lowest BCUT2D eigenvalue weighted by atomic mass is 10.1. The molecule has 3 aromatic rings. The van der Waals surface area contributed by atoms with Gasteiger partial charge in [0.05, 0.1) is 98.1 Å². The molecular weight excluding hydrogens is 1100 g/mol. The smallest absolute Gasteiger partial charge is 0.336 e. The van der Waals surface area contributed by atoms with Crippen LogP contribution < -0.4 is 37.9 Å². The van der Waals surface area contributed by atoms with E-state index in [4.69, 9.17) is 81.4 Å². The third-order valence-corrected chi connectivity index (χ3v) is 11.2. The fourth-order valence-corrected chi connectivity index (χ4v) is 6.90. The summed E-state index contributed by atoms with van der Waals surface area (Å²) in [5, 5.41) is 0. The van der Waals surface area contributed by atoms with Gasteiger partial charge in [-0.25, -0.2) is 29.1 Å². The zero-order valence-electron chi connectivity index (χ0n) is 50.0. The van der Waals surface area contributed by atoms with Gasteiger partial charge >= 0.3 is 11.9 Å². The van der Waals surface area contributed by atoms with Gasteiger partial charge in [-0.15, -0.1) is 0 Å². The molecule has 85 heavy (non-hydrogen) atoms. The number of carbonyl (C=O) groups excluding carboxylic acids is 2. The standard InChI is InChI=1S/C66H88O19/c1-10-54(9)85-80-49-25-22-44-75-64-56(26-34-59(72-41-17-14-38-69-11-2)65(64)76-45-19-16-40-71-13-4)29-37-62(68)84-58-32-30-57(31-33-58)83-61(67)36-28-55-27-35-60(73-42-20-23-47-78-81-50-52(5)6)66(63(55)74-43-18-15-39-70-12-3)77-46-21-24-48-79-82-51-53(7)8/h11-13,26-37H,1-5,7,14-25,38-51H2,6,8-9H3/b36-28+,37-29+. The number of esters is 2. The minimum atomic E-state index is -0.679. The van der Waals surface area contributed by atoms with E-state index in [1.54, 1.807) is 43.3 Å². The van der Waals surface area contributed by atoms with Gasteiger partial charge in [-0.2, -0.15) is 4.89 Å². The Morgan fingerprint density at radius 3 is 1.09 bits per heavy atom. The molecule has 0 fully saturated rings. The topological polar surface area (TPSA) is 191 Å². The van der Waals surface area contributed by atoms with Crippen LogP contribution in [0.4, 0.5) is 0 Å². The summed E-state index contributed by atoms with van der Waals surface area (Å²) in [6.07, 6.45) is 18.0. The Morgan fingerprint density at radius 2 is 0.741 bits per heavy atom. The van der Waals surface area contributed by atoms with Crippen molar-refractivity contribution in [2.45, 2.75) is 97.8 Å². The predicted molar refractivity (Wildman–Crippen MR) is 324 cm³/mol. The van der Waals surface area contributed by atoms with Crippen LogP contribution in [0.2, 0.25) is 0 Å². The molecule has 0 bridgehead atoms. The predicted octanol–water partition coefficient (Wildman–Crippen LogP) is 14.0. The van der Waals surface area contributed by atoms with Gasteiger partial charge in [0.2, 0.25) is 11.5 Å². The summed E-state index contributed by atoms with van der Waals surface area (Å²) in [5.74, 6) is 1.93. The number of ether oxygens (including phenoxy) is 11. The molecule has 0 amide bonds. The molecule has 19 nitrogen and oxygen atoms in total. The van der Waals surface area contributed by atoms with Crippen molar-refractivity contribution in [3.63, 3.8) is 0 Å². The molecule has 0 aliphatic heterocycles. The van der Waals surface area contributed by atoms with Crippen molar-refractivity contribution in [3.05, 3.63) is 153 Å². The molecule has 0 aromatic heterocycles. The van der Waals surface area contributed by atoms with Crippen LogP contribution in [-0.2, 0) is 53.1 Å². The van der Waals surface area contributed by atoms with Gasteiger partial charge in [-0.3, -0.25) is 0 Å². The van der Waals surface area contributed by atoms with Crippen LogP contribution in [0.25, 0.3) is 12.2 Å². The Labute approximate surface area is 502 Å². The number of hydrogen-bond acceptors (Lipinski definition) is 19. The van der Waals surface area contributed by atoms with Gasteiger partial charge in [0.1, 0.15) is 24.7 Å². The van der Waals surface area contributed by atoms with E-state index in [0.717, 1.165) is 24.0 Å². The summed E-state index contributed by atoms with van der Waals surface area (Å²) < 4.78 is 65.1. The molecule has 3 aromatic carbocycles. The fraction of sp³-hybridized carbons (Fsp3) is 0.439. The summed E-state index contributed by atoms with van der Waals surface area (Å²) in [6.45, 7) is 32.5. The zero-order valence-corrected chi connectivity index (χ0v) is 50.0. The number of benzene rings is 3. The average Bonchev–Trinajstić information content (AvgIpc) is 3.23. The largest absolute Gasteiger partial charge is 0.502 e. The van der Waals surface area contributed by atoms with E-state index in [0.29, 0.717) is 201 Å². The van der Waals surface area contributed by atoms with Crippen LogP contribution in [-0.4, -0.2) is 104 Å². The van der Waals surface area contributed by atoms with E-state index in [2.05, 4.69) is 45.2 Å². The van der Waals surface area contributed by atoms with Gasteiger partial charge in [0.25, 0.3) is 0 Å². The lowest BCUT2D eigenvalue weighted by molar-refractivity contribution is -0.288. The first-order chi connectivity index (χ1) is 41.5. The Balaban J connectivity index is 1.80. The molecule has 0 heterocycles. The van der Waals surface area contributed by atoms with E-state index in [1.807, 2.05) is 13.8 Å². The van der Waals surface area contributed by atoms with Crippen LogP contribution in [0.3, 0.4) is 0 Å². The molecule has 0 aliphatic carbocycles. The third-order valence-electron chi connectivity index (χ3n) is 11.2. The normalized spacial score (nSPS) is 10.8. The monoisotopic (exact) mass is 1180 g/mol. The molecule has 0 spiro atoms. The van der Waals surface area contributed by atoms with E-state index in [1.165, 1.54) is 55.2 Å². The Bertz CT molecular complexity index is 2550. The SMILES string of the molecule is C=C=C(C)OOCCCCOc1c(/C=C/C(=O)Oc2ccc(OC(=O)/C=C/c3ccc(OCCCCOOCC(=C)C)c(OCCCCOOCC(=C)C)c3OCCCCOC=C)cc2)ccc(OCCCCOC=C)c1OCCCCOC=C. The van der Waals surface area contributed by atoms with Gasteiger partial charge in [0, 0.05) is 30.2 Å². The second-order valence-corrected chi connectivity index (χ2v) is 18.8. The molecule has 3 rings (SSSR count). The molecular formula is C66H88O19. The minimum absolute atomic E-state index is 0.204. The maximum atomic E-state index is 13.4. The number of rotatable bonds is 53. The van der Waals surface area contributed by atoms with Crippen LogP contribution >= 0.6 is 0 Å². The molecule has 0 saturated carbocycles. The maximum absolute atomic E-state index is 13.4. The van der Waals surface area contributed by atoms with Crippen molar-refractivity contribution in [2.24, 2.45) is 0 Å². The van der Waals surface area contributed by atoms with Gasteiger partial charge in [0.15, 0.2) is 28.8 Å². The van der Waals surface area contributed by atoms with Crippen molar-refractivity contribution >= 4 is 24.1 Å². The average molecular weight is 1190 g/mol. The number of allylic oxidation sites excluding steroid dienone is 1.